The van der Waals surface area contributed by atoms with Crippen molar-refractivity contribution in [3.05, 3.63) is 48.0 Å². The van der Waals surface area contributed by atoms with E-state index in [4.69, 9.17) is 4.74 Å². The van der Waals surface area contributed by atoms with Gasteiger partial charge in [-0.1, -0.05) is 12.1 Å². The highest BCUT2D eigenvalue weighted by Gasteiger charge is 2.38. The Kier molecular flexibility index (Phi) is 4.11. The normalized spacial score (nSPS) is 21.9. The van der Waals surface area contributed by atoms with Crippen molar-refractivity contribution in [2.45, 2.75) is 12.5 Å². The number of hydrogen-bond donors (Lipinski definition) is 2. The number of aromatic nitrogens is 2. The van der Waals surface area contributed by atoms with Gasteiger partial charge in [-0.05, 0) is 17.7 Å². The van der Waals surface area contributed by atoms with E-state index in [1.807, 2.05) is 24.3 Å². The van der Waals surface area contributed by atoms with Crippen molar-refractivity contribution in [3.8, 4) is 5.75 Å². The van der Waals surface area contributed by atoms with Crippen LogP contribution in [0.4, 0.5) is 0 Å². The quantitative estimate of drug-likeness (QED) is 0.879. The largest absolute Gasteiger partial charge is 0.497 e. The number of imidazole rings is 1. The number of nitrogens with one attached hydrogen (secondary N) is 1. The van der Waals surface area contributed by atoms with Crippen molar-refractivity contribution in [2.24, 2.45) is 5.92 Å². The van der Waals surface area contributed by atoms with Gasteiger partial charge in [0.15, 0.2) is 0 Å². The van der Waals surface area contributed by atoms with Crippen molar-refractivity contribution >= 4 is 5.97 Å². The summed E-state index contributed by atoms with van der Waals surface area (Å²) in [6, 6.07) is 7.68. The maximum atomic E-state index is 11.6. The van der Waals surface area contributed by atoms with Crippen molar-refractivity contribution in [2.75, 3.05) is 20.2 Å². The lowest BCUT2D eigenvalue weighted by molar-refractivity contribution is -0.141. The van der Waals surface area contributed by atoms with Gasteiger partial charge in [0.1, 0.15) is 5.75 Å². The van der Waals surface area contributed by atoms with Crippen LogP contribution in [0.25, 0.3) is 0 Å². The summed E-state index contributed by atoms with van der Waals surface area (Å²) in [6.45, 7) is 1.93. The predicted molar refractivity (Wildman–Crippen MR) is 80.7 cm³/mol. The lowest BCUT2D eigenvalue weighted by Gasteiger charge is -2.16. The third-order valence-electron chi connectivity index (χ3n) is 4.18. The molecule has 6 nitrogen and oxygen atoms in total. The molecule has 6 heteroatoms. The Balaban J connectivity index is 1.80. The van der Waals surface area contributed by atoms with E-state index in [0.717, 1.165) is 17.0 Å². The van der Waals surface area contributed by atoms with Gasteiger partial charge in [-0.15, -0.1) is 0 Å². The number of aliphatic carboxylic acids is 1. The van der Waals surface area contributed by atoms with Crippen molar-refractivity contribution < 1.29 is 14.6 Å². The highest BCUT2D eigenvalue weighted by atomic mass is 16.5. The molecule has 0 unspecified atom stereocenters. The minimum atomic E-state index is -0.750. The van der Waals surface area contributed by atoms with Crippen LogP contribution in [-0.4, -0.2) is 46.1 Å². The van der Waals surface area contributed by atoms with Crippen LogP contribution in [0.15, 0.2) is 36.8 Å². The molecule has 2 heterocycles. The first-order chi connectivity index (χ1) is 10.7. The number of hydrogen-bond acceptors (Lipinski definition) is 4. The SMILES string of the molecule is COc1cccc([C@@H]2CN(Cc3cnc[nH]3)C[C@H]2C(=O)O)c1. The van der Waals surface area contributed by atoms with Gasteiger partial charge in [0.05, 0.1) is 19.4 Å². The molecular weight excluding hydrogens is 282 g/mol. The van der Waals surface area contributed by atoms with Gasteiger partial charge in [-0.2, -0.15) is 0 Å². The minimum Gasteiger partial charge on any atom is -0.497 e. The van der Waals surface area contributed by atoms with Crippen LogP contribution in [0.5, 0.6) is 5.75 Å². The monoisotopic (exact) mass is 301 g/mol. The summed E-state index contributed by atoms with van der Waals surface area (Å²) in [5.41, 5.74) is 2.01. The molecule has 2 N–H and O–H groups in total. The summed E-state index contributed by atoms with van der Waals surface area (Å²) in [4.78, 5) is 20.8. The number of benzene rings is 1. The first kappa shape index (κ1) is 14.6. The van der Waals surface area contributed by atoms with E-state index in [1.165, 1.54) is 0 Å². The van der Waals surface area contributed by atoms with Crippen LogP contribution >= 0.6 is 0 Å². The third kappa shape index (κ3) is 2.96. The van der Waals surface area contributed by atoms with E-state index in [9.17, 15) is 9.90 Å². The van der Waals surface area contributed by atoms with Crippen LogP contribution in [0, 0.1) is 5.92 Å². The second-order valence-electron chi connectivity index (χ2n) is 5.60. The summed E-state index contributed by atoms with van der Waals surface area (Å²) in [5, 5.41) is 9.54. The predicted octanol–water partition coefficient (Wildman–Crippen LogP) is 1.72. The average molecular weight is 301 g/mol. The fourth-order valence-corrected chi connectivity index (χ4v) is 3.09. The second kappa shape index (κ2) is 6.19. The van der Waals surface area contributed by atoms with Gasteiger partial charge in [-0.25, -0.2) is 4.98 Å². The summed E-state index contributed by atoms with van der Waals surface area (Å²) in [7, 11) is 1.62. The van der Waals surface area contributed by atoms with Crippen LogP contribution in [0.1, 0.15) is 17.2 Å². The number of methoxy groups -OCH3 is 1. The smallest absolute Gasteiger partial charge is 0.308 e. The zero-order valence-electron chi connectivity index (χ0n) is 12.4. The Morgan fingerprint density at radius 3 is 3.05 bits per heavy atom. The van der Waals surface area contributed by atoms with Gasteiger partial charge in [-0.3, -0.25) is 9.69 Å². The van der Waals surface area contributed by atoms with Crippen molar-refractivity contribution in [1.29, 1.82) is 0 Å². The molecule has 116 valence electrons. The Hall–Kier alpha value is -2.34. The Morgan fingerprint density at radius 2 is 2.36 bits per heavy atom. The summed E-state index contributed by atoms with van der Waals surface area (Å²) in [5.74, 6) is -0.431. The number of nitrogens with zero attached hydrogens (tertiary/aromatic N) is 2. The van der Waals surface area contributed by atoms with E-state index in [1.54, 1.807) is 19.6 Å². The molecule has 1 aliphatic rings. The molecule has 1 aromatic carbocycles. The molecule has 1 aromatic heterocycles. The molecule has 0 spiro atoms. The van der Waals surface area contributed by atoms with Gasteiger partial charge in [0.25, 0.3) is 0 Å². The van der Waals surface area contributed by atoms with Gasteiger partial charge < -0.3 is 14.8 Å². The number of likely N-dealkylation sites (tertiary alicyclic amines) is 1. The molecule has 0 saturated carbocycles. The first-order valence-corrected chi connectivity index (χ1v) is 7.23. The molecule has 1 saturated heterocycles. The zero-order chi connectivity index (χ0) is 15.5. The molecule has 0 amide bonds. The zero-order valence-corrected chi connectivity index (χ0v) is 12.4. The van der Waals surface area contributed by atoms with E-state index < -0.39 is 11.9 Å². The van der Waals surface area contributed by atoms with Gasteiger partial charge >= 0.3 is 5.97 Å². The number of ether oxygens (including phenoxy) is 1. The van der Waals surface area contributed by atoms with Crippen LogP contribution in [0.2, 0.25) is 0 Å². The molecule has 2 atom stereocenters. The molecule has 2 aromatic rings. The van der Waals surface area contributed by atoms with Crippen molar-refractivity contribution in [3.63, 3.8) is 0 Å². The fourth-order valence-electron chi connectivity index (χ4n) is 3.09. The number of aromatic amines is 1. The molecule has 0 aliphatic carbocycles. The Morgan fingerprint density at radius 1 is 1.50 bits per heavy atom. The highest BCUT2D eigenvalue weighted by Crippen LogP contribution is 2.34. The molecular formula is C16H19N3O3. The van der Waals surface area contributed by atoms with E-state index >= 15 is 0 Å². The van der Waals surface area contributed by atoms with E-state index in [-0.39, 0.29) is 5.92 Å². The molecule has 1 aliphatic heterocycles. The van der Waals surface area contributed by atoms with E-state index in [2.05, 4.69) is 14.9 Å². The summed E-state index contributed by atoms with van der Waals surface area (Å²) in [6.07, 6.45) is 3.41. The fraction of sp³-hybridized carbons (Fsp3) is 0.375. The lowest BCUT2D eigenvalue weighted by atomic mass is 9.89. The maximum absolute atomic E-state index is 11.6. The Labute approximate surface area is 128 Å². The van der Waals surface area contributed by atoms with Crippen LogP contribution < -0.4 is 4.74 Å². The standard InChI is InChI=1S/C16H19N3O3/c1-22-13-4-2-3-11(5-13)14-8-19(9-15(14)16(20)21)7-12-6-17-10-18-12/h2-6,10,14-15H,7-9H2,1H3,(H,17,18)(H,20,21)/t14-,15+/m0/s1. The van der Waals surface area contributed by atoms with Gasteiger partial charge in [0.2, 0.25) is 0 Å². The molecule has 3 rings (SSSR count). The highest BCUT2D eigenvalue weighted by molar-refractivity contribution is 5.72. The number of rotatable bonds is 5. The molecule has 0 bridgehead atoms. The lowest BCUT2D eigenvalue weighted by Crippen LogP contribution is -2.23. The van der Waals surface area contributed by atoms with Crippen LogP contribution in [0.3, 0.4) is 0 Å². The second-order valence-corrected chi connectivity index (χ2v) is 5.60. The third-order valence-corrected chi connectivity index (χ3v) is 4.18. The van der Waals surface area contributed by atoms with Crippen LogP contribution in [-0.2, 0) is 11.3 Å². The van der Waals surface area contributed by atoms with E-state index in [0.29, 0.717) is 19.6 Å². The molecule has 22 heavy (non-hydrogen) atoms. The molecule has 1 fully saturated rings. The Bertz CT molecular complexity index is 642. The summed E-state index contributed by atoms with van der Waals surface area (Å²) >= 11 is 0. The number of carboxylic acids is 1. The molecule has 0 radical (unpaired) electrons. The maximum Gasteiger partial charge on any atom is 0.308 e. The summed E-state index contributed by atoms with van der Waals surface area (Å²) < 4.78 is 5.25. The van der Waals surface area contributed by atoms with Crippen molar-refractivity contribution in [1.82, 2.24) is 14.9 Å². The van der Waals surface area contributed by atoms with Gasteiger partial charge in [0, 0.05) is 37.4 Å². The number of H-pyrrole nitrogens is 1. The first-order valence-electron chi connectivity index (χ1n) is 7.23. The minimum absolute atomic E-state index is 0.0319. The topological polar surface area (TPSA) is 78.5 Å². The number of carbonyl (C=O) groups is 1. The average Bonchev–Trinajstić information content (AvgIpc) is 3.17. The number of carboxylic acid groups (broad SMARTS) is 1.